The van der Waals surface area contributed by atoms with Crippen LogP contribution in [0, 0.1) is 0 Å². The summed E-state index contributed by atoms with van der Waals surface area (Å²) in [6.45, 7) is 6.41. The molecule has 0 spiro atoms. The second kappa shape index (κ2) is 3.33. The summed E-state index contributed by atoms with van der Waals surface area (Å²) < 4.78 is 0. The molecule has 4 heteroatoms. The van der Waals surface area contributed by atoms with E-state index in [1.807, 2.05) is 12.1 Å². The number of aromatic nitrogens is 2. The number of anilines is 2. The van der Waals surface area contributed by atoms with E-state index >= 15 is 0 Å². The van der Waals surface area contributed by atoms with Crippen LogP contribution in [-0.2, 0) is 5.41 Å². The standard InChI is InChI=1S/C12H16N4/c1-12(2,3)7-5-4-6-8-9(7)10(13)16-11(14)15-8/h4-6H,1-3H3,(H4,13,14,15,16). The quantitative estimate of drug-likeness (QED) is 0.706. The van der Waals surface area contributed by atoms with Crippen LogP contribution in [-0.4, -0.2) is 9.97 Å². The Morgan fingerprint density at radius 2 is 1.75 bits per heavy atom. The summed E-state index contributed by atoms with van der Waals surface area (Å²) in [5.41, 5.74) is 13.5. The average Bonchev–Trinajstić information content (AvgIpc) is 2.14. The first-order valence-electron chi connectivity index (χ1n) is 5.22. The highest BCUT2D eigenvalue weighted by molar-refractivity contribution is 5.92. The molecule has 0 unspecified atom stereocenters. The van der Waals surface area contributed by atoms with Crippen molar-refractivity contribution in [2.75, 3.05) is 11.5 Å². The van der Waals surface area contributed by atoms with Gasteiger partial charge in [-0.15, -0.1) is 0 Å². The maximum absolute atomic E-state index is 5.92. The minimum absolute atomic E-state index is 0.00705. The number of benzene rings is 1. The van der Waals surface area contributed by atoms with E-state index < -0.39 is 0 Å². The van der Waals surface area contributed by atoms with Crippen LogP contribution >= 0.6 is 0 Å². The Bertz CT molecular complexity index is 540. The van der Waals surface area contributed by atoms with Crippen molar-refractivity contribution in [1.29, 1.82) is 0 Å². The van der Waals surface area contributed by atoms with E-state index in [1.54, 1.807) is 0 Å². The van der Waals surface area contributed by atoms with E-state index in [-0.39, 0.29) is 11.4 Å². The Kier molecular flexibility index (Phi) is 2.22. The van der Waals surface area contributed by atoms with Crippen molar-refractivity contribution in [1.82, 2.24) is 9.97 Å². The fourth-order valence-electron chi connectivity index (χ4n) is 1.86. The van der Waals surface area contributed by atoms with Gasteiger partial charge in [0.2, 0.25) is 5.95 Å². The number of nitrogens with zero attached hydrogens (tertiary/aromatic N) is 2. The first kappa shape index (κ1) is 10.7. The summed E-state index contributed by atoms with van der Waals surface area (Å²) >= 11 is 0. The van der Waals surface area contributed by atoms with Crippen LogP contribution in [0.5, 0.6) is 0 Å². The number of nitrogens with two attached hydrogens (primary N) is 2. The van der Waals surface area contributed by atoms with Gasteiger partial charge >= 0.3 is 0 Å². The van der Waals surface area contributed by atoms with Crippen molar-refractivity contribution in [3.8, 4) is 0 Å². The molecule has 0 aliphatic rings. The molecule has 4 N–H and O–H groups in total. The van der Waals surface area contributed by atoms with Crippen LogP contribution in [0.4, 0.5) is 11.8 Å². The Balaban J connectivity index is 2.87. The molecule has 2 aromatic rings. The lowest BCUT2D eigenvalue weighted by Gasteiger charge is -2.21. The monoisotopic (exact) mass is 216 g/mol. The van der Waals surface area contributed by atoms with E-state index in [0.717, 1.165) is 16.5 Å². The van der Waals surface area contributed by atoms with Crippen molar-refractivity contribution in [2.24, 2.45) is 0 Å². The molecule has 2 rings (SSSR count). The van der Waals surface area contributed by atoms with Gasteiger partial charge in [-0.25, -0.2) is 4.98 Å². The molecule has 84 valence electrons. The predicted octanol–water partition coefficient (Wildman–Crippen LogP) is 2.09. The third kappa shape index (κ3) is 1.66. The topological polar surface area (TPSA) is 77.8 Å². The molecule has 0 atom stereocenters. The summed E-state index contributed by atoms with van der Waals surface area (Å²) in [7, 11) is 0. The molecular formula is C12H16N4. The molecule has 0 saturated carbocycles. The van der Waals surface area contributed by atoms with E-state index in [1.165, 1.54) is 0 Å². The van der Waals surface area contributed by atoms with Gasteiger partial charge in [0.1, 0.15) is 5.82 Å². The SMILES string of the molecule is CC(C)(C)c1cccc2nc(N)nc(N)c12. The molecule has 0 radical (unpaired) electrons. The van der Waals surface area contributed by atoms with Gasteiger partial charge in [0.25, 0.3) is 0 Å². The molecule has 0 fully saturated rings. The lowest BCUT2D eigenvalue weighted by molar-refractivity contribution is 0.596. The number of hydrogen-bond donors (Lipinski definition) is 2. The zero-order valence-corrected chi connectivity index (χ0v) is 9.78. The summed E-state index contributed by atoms with van der Waals surface area (Å²) in [6, 6.07) is 5.92. The van der Waals surface area contributed by atoms with Crippen molar-refractivity contribution in [2.45, 2.75) is 26.2 Å². The normalized spacial score (nSPS) is 11.9. The van der Waals surface area contributed by atoms with Crippen LogP contribution in [0.1, 0.15) is 26.3 Å². The van der Waals surface area contributed by atoms with E-state index in [0.29, 0.717) is 5.82 Å². The van der Waals surface area contributed by atoms with Crippen molar-refractivity contribution in [3.05, 3.63) is 23.8 Å². The Labute approximate surface area is 94.7 Å². The van der Waals surface area contributed by atoms with Gasteiger partial charge in [-0.2, -0.15) is 4.98 Å². The fourth-order valence-corrected chi connectivity index (χ4v) is 1.86. The Morgan fingerprint density at radius 1 is 1.06 bits per heavy atom. The van der Waals surface area contributed by atoms with Gasteiger partial charge in [-0.1, -0.05) is 32.9 Å². The van der Waals surface area contributed by atoms with Crippen LogP contribution < -0.4 is 11.5 Å². The first-order valence-corrected chi connectivity index (χ1v) is 5.22. The molecule has 0 amide bonds. The molecule has 0 saturated heterocycles. The Hall–Kier alpha value is -1.84. The molecule has 0 bridgehead atoms. The van der Waals surface area contributed by atoms with Crippen molar-refractivity contribution >= 4 is 22.7 Å². The number of nitrogen functional groups attached to an aromatic ring is 2. The van der Waals surface area contributed by atoms with E-state index in [4.69, 9.17) is 11.5 Å². The molecule has 1 aromatic heterocycles. The third-order valence-corrected chi connectivity index (χ3v) is 2.58. The van der Waals surface area contributed by atoms with E-state index in [9.17, 15) is 0 Å². The minimum Gasteiger partial charge on any atom is -0.383 e. The molecular weight excluding hydrogens is 200 g/mol. The second-order valence-corrected chi connectivity index (χ2v) is 4.92. The lowest BCUT2D eigenvalue weighted by atomic mass is 9.84. The van der Waals surface area contributed by atoms with Gasteiger partial charge in [-0.05, 0) is 17.0 Å². The van der Waals surface area contributed by atoms with E-state index in [2.05, 4.69) is 36.8 Å². The van der Waals surface area contributed by atoms with Gasteiger partial charge in [0.15, 0.2) is 0 Å². The van der Waals surface area contributed by atoms with Crippen LogP contribution in [0.3, 0.4) is 0 Å². The van der Waals surface area contributed by atoms with Crippen molar-refractivity contribution in [3.63, 3.8) is 0 Å². The molecule has 16 heavy (non-hydrogen) atoms. The zero-order valence-electron chi connectivity index (χ0n) is 9.78. The lowest BCUT2D eigenvalue weighted by Crippen LogP contribution is -2.13. The summed E-state index contributed by atoms with van der Waals surface area (Å²) in [6.07, 6.45) is 0. The van der Waals surface area contributed by atoms with Gasteiger partial charge in [-0.3, -0.25) is 0 Å². The molecule has 4 nitrogen and oxygen atoms in total. The number of rotatable bonds is 0. The zero-order chi connectivity index (χ0) is 11.9. The summed E-state index contributed by atoms with van der Waals surface area (Å²) in [4.78, 5) is 8.22. The number of hydrogen-bond acceptors (Lipinski definition) is 4. The van der Waals surface area contributed by atoms with Crippen LogP contribution in [0.25, 0.3) is 10.9 Å². The highest BCUT2D eigenvalue weighted by Crippen LogP contribution is 2.32. The van der Waals surface area contributed by atoms with Gasteiger partial charge in [0, 0.05) is 5.39 Å². The fraction of sp³-hybridized carbons (Fsp3) is 0.333. The van der Waals surface area contributed by atoms with Gasteiger partial charge in [0.05, 0.1) is 5.52 Å². The minimum atomic E-state index is 0.00705. The predicted molar refractivity (Wildman–Crippen MR) is 67.1 cm³/mol. The van der Waals surface area contributed by atoms with Crippen LogP contribution in [0.2, 0.25) is 0 Å². The third-order valence-electron chi connectivity index (χ3n) is 2.58. The molecule has 1 heterocycles. The summed E-state index contributed by atoms with van der Waals surface area (Å²) in [5, 5.41) is 0.907. The second-order valence-electron chi connectivity index (χ2n) is 4.92. The maximum atomic E-state index is 5.92. The largest absolute Gasteiger partial charge is 0.383 e. The highest BCUT2D eigenvalue weighted by atomic mass is 15.0. The van der Waals surface area contributed by atoms with Gasteiger partial charge < -0.3 is 11.5 Å². The van der Waals surface area contributed by atoms with Crippen molar-refractivity contribution < 1.29 is 0 Å². The maximum Gasteiger partial charge on any atom is 0.222 e. The van der Waals surface area contributed by atoms with Crippen LogP contribution in [0.15, 0.2) is 18.2 Å². The molecule has 0 aliphatic heterocycles. The molecule has 1 aromatic carbocycles. The number of fused-ring (bicyclic) bond motifs is 1. The summed E-state index contributed by atoms with van der Waals surface area (Å²) in [5.74, 6) is 0.670. The Morgan fingerprint density at radius 3 is 2.38 bits per heavy atom. The molecule has 0 aliphatic carbocycles. The smallest absolute Gasteiger partial charge is 0.222 e. The first-order chi connectivity index (χ1) is 7.39. The average molecular weight is 216 g/mol. The highest BCUT2D eigenvalue weighted by Gasteiger charge is 2.19.